The molecule has 1 N–H and O–H groups in total. The lowest BCUT2D eigenvalue weighted by Gasteiger charge is -2.41. The number of ether oxygens (including phenoxy) is 1. The molecule has 0 bridgehead atoms. The van der Waals surface area contributed by atoms with Crippen LogP contribution < -0.4 is 4.90 Å². The number of methoxy groups -OCH3 is 1. The quantitative estimate of drug-likeness (QED) is 0.781. The number of hydrogen-bond donors (Lipinski definition) is 1. The first-order valence-electron chi connectivity index (χ1n) is 9.99. The number of hydrogen-bond acceptors (Lipinski definition) is 5. The van der Waals surface area contributed by atoms with Crippen molar-refractivity contribution in [2.45, 2.75) is 33.1 Å². The van der Waals surface area contributed by atoms with Gasteiger partial charge < -0.3 is 14.7 Å². The highest BCUT2D eigenvalue weighted by molar-refractivity contribution is 7.16. The number of carboxylic acid groups (broad SMARTS) is 1. The molecule has 1 fully saturated rings. The molecule has 0 spiro atoms. The van der Waals surface area contributed by atoms with Crippen LogP contribution in [-0.2, 0) is 17.6 Å². The van der Waals surface area contributed by atoms with Gasteiger partial charge in [-0.1, -0.05) is 13.8 Å². The van der Waals surface area contributed by atoms with Gasteiger partial charge in [-0.15, -0.1) is 11.3 Å². The van der Waals surface area contributed by atoms with E-state index in [0.717, 1.165) is 60.7 Å². The number of thiophene rings is 1. The molecule has 29 heavy (non-hydrogen) atoms. The van der Waals surface area contributed by atoms with Crippen LogP contribution in [0.15, 0.2) is 18.2 Å². The predicted molar refractivity (Wildman–Crippen MR) is 115 cm³/mol. The standard InChI is InChI=1S/C23H26N2O3S/c1-23(2)7-6-19-17(9-23)20(22(26)27)21(29-19)16-8-14(10-24)4-5-18(16)25-11-15(12-25)13-28-3/h4-5,8,15H,6-7,9,11-13H2,1-3H3,(H,26,27). The first-order chi connectivity index (χ1) is 13.8. The van der Waals surface area contributed by atoms with Crippen LogP contribution in [0, 0.1) is 22.7 Å². The molecule has 2 heterocycles. The number of aryl methyl sites for hydroxylation is 1. The Morgan fingerprint density at radius 1 is 1.41 bits per heavy atom. The summed E-state index contributed by atoms with van der Waals surface area (Å²) in [4.78, 5) is 16.5. The number of benzene rings is 1. The summed E-state index contributed by atoms with van der Waals surface area (Å²) in [6.45, 7) is 6.90. The molecule has 4 rings (SSSR count). The van der Waals surface area contributed by atoms with E-state index in [-0.39, 0.29) is 5.41 Å². The van der Waals surface area contributed by atoms with Gasteiger partial charge in [0.1, 0.15) is 0 Å². The molecule has 0 atom stereocenters. The van der Waals surface area contributed by atoms with Crippen molar-refractivity contribution >= 4 is 23.0 Å². The minimum atomic E-state index is -0.871. The zero-order valence-corrected chi connectivity index (χ0v) is 17.9. The van der Waals surface area contributed by atoms with Gasteiger partial charge >= 0.3 is 5.97 Å². The maximum Gasteiger partial charge on any atom is 0.337 e. The molecule has 0 unspecified atom stereocenters. The van der Waals surface area contributed by atoms with Crippen molar-refractivity contribution in [2.75, 3.05) is 31.7 Å². The van der Waals surface area contributed by atoms with Crippen LogP contribution in [0.25, 0.3) is 10.4 Å². The Morgan fingerprint density at radius 2 is 2.17 bits per heavy atom. The van der Waals surface area contributed by atoms with Crippen molar-refractivity contribution in [1.29, 1.82) is 5.26 Å². The Labute approximate surface area is 175 Å². The highest BCUT2D eigenvalue weighted by Gasteiger charge is 2.35. The number of aromatic carboxylic acids is 1. The molecular formula is C23H26N2O3S. The van der Waals surface area contributed by atoms with Gasteiger partial charge in [0, 0.05) is 42.2 Å². The summed E-state index contributed by atoms with van der Waals surface area (Å²) in [5.74, 6) is -0.385. The minimum Gasteiger partial charge on any atom is -0.478 e. The van der Waals surface area contributed by atoms with Crippen LogP contribution >= 0.6 is 11.3 Å². The molecule has 1 saturated heterocycles. The van der Waals surface area contributed by atoms with Crippen LogP contribution in [0.1, 0.15) is 46.6 Å². The molecule has 0 amide bonds. The van der Waals surface area contributed by atoms with E-state index in [9.17, 15) is 15.2 Å². The predicted octanol–water partition coefficient (Wildman–Crippen LogP) is 4.58. The summed E-state index contributed by atoms with van der Waals surface area (Å²) in [7, 11) is 1.71. The van der Waals surface area contributed by atoms with E-state index in [1.54, 1.807) is 18.4 Å². The Bertz CT molecular complexity index is 996. The highest BCUT2D eigenvalue weighted by atomic mass is 32.1. The first-order valence-corrected chi connectivity index (χ1v) is 10.8. The third-order valence-electron chi connectivity index (χ3n) is 6.06. The van der Waals surface area contributed by atoms with Crippen LogP contribution in [0.5, 0.6) is 0 Å². The van der Waals surface area contributed by atoms with Crippen LogP contribution in [0.4, 0.5) is 5.69 Å². The maximum atomic E-state index is 12.3. The molecule has 1 aromatic heterocycles. The van der Waals surface area contributed by atoms with Crippen molar-refractivity contribution < 1.29 is 14.6 Å². The summed E-state index contributed by atoms with van der Waals surface area (Å²) >= 11 is 1.60. The van der Waals surface area contributed by atoms with Gasteiger partial charge in [-0.25, -0.2) is 4.79 Å². The number of nitrogens with zero attached hydrogens (tertiary/aromatic N) is 2. The summed E-state index contributed by atoms with van der Waals surface area (Å²) < 4.78 is 5.26. The number of nitriles is 1. The fraction of sp³-hybridized carbons (Fsp3) is 0.478. The third-order valence-corrected chi connectivity index (χ3v) is 7.38. The molecule has 6 heteroatoms. The number of carbonyl (C=O) groups is 1. The molecule has 1 aliphatic heterocycles. The molecular weight excluding hydrogens is 384 g/mol. The zero-order chi connectivity index (χ0) is 20.8. The largest absolute Gasteiger partial charge is 0.478 e. The van der Waals surface area contributed by atoms with Gasteiger partial charge in [0.25, 0.3) is 0 Å². The normalized spacial score (nSPS) is 18.1. The molecule has 1 aliphatic carbocycles. The Morgan fingerprint density at radius 3 is 2.83 bits per heavy atom. The molecule has 1 aromatic carbocycles. The lowest BCUT2D eigenvalue weighted by Crippen LogP contribution is -2.48. The summed E-state index contributed by atoms with van der Waals surface area (Å²) in [5.41, 5.74) is 3.97. The Hall–Kier alpha value is -2.36. The van der Waals surface area contributed by atoms with Crippen LogP contribution in [0.3, 0.4) is 0 Å². The lowest BCUT2D eigenvalue weighted by molar-refractivity contribution is 0.0696. The summed E-state index contributed by atoms with van der Waals surface area (Å²) in [6.07, 6.45) is 2.77. The monoisotopic (exact) mass is 410 g/mol. The molecule has 2 aliphatic rings. The van der Waals surface area contributed by atoms with Crippen molar-refractivity contribution in [3.05, 3.63) is 39.8 Å². The molecule has 0 saturated carbocycles. The lowest BCUT2D eigenvalue weighted by atomic mass is 9.76. The van der Waals surface area contributed by atoms with Gasteiger partial charge in [0.05, 0.1) is 28.7 Å². The van der Waals surface area contributed by atoms with E-state index >= 15 is 0 Å². The van der Waals surface area contributed by atoms with Crippen molar-refractivity contribution in [3.8, 4) is 16.5 Å². The smallest absolute Gasteiger partial charge is 0.337 e. The summed E-state index contributed by atoms with van der Waals surface area (Å²) in [6, 6.07) is 7.85. The number of carboxylic acids is 1. The third kappa shape index (κ3) is 3.65. The Balaban J connectivity index is 1.82. The van der Waals surface area contributed by atoms with E-state index in [0.29, 0.717) is 17.0 Å². The van der Waals surface area contributed by atoms with E-state index in [4.69, 9.17) is 4.74 Å². The van der Waals surface area contributed by atoms with Crippen molar-refractivity contribution in [1.82, 2.24) is 0 Å². The molecule has 2 aromatic rings. The fourth-order valence-corrected chi connectivity index (χ4v) is 5.84. The van der Waals surface area contributed by atoms with Crippen molar-refractivity contribution in [2.24, 2.45) is 11.3 Å². The Kier molecular flexibility index (Phi) is 5.14. The van der Waals surface area contributed by atoms with Gasteiger partial charge in [-0.2, -0.15) is 5.26 Å². The van der Waals surface area contributed by atoms with Gasteiger partial charge in [-0.3, -0.25) is 0 Å². The minimum absolute atomic E-state index is 0.109. The second kappa shape index (κ2) is 7.47. The average molecular weight is 411 g/mol. The van der Waals surface area contributed by atoms with E-state index in [1.807, 2.05) is 18.2 Å². The van der Waals surface area contributed by atoms with Crippen LogP contribution in [-0.4, -0.2) is 37.9 Å². The first kappa shape index (κ1) is 19.9. The topological polar surface area (TPSA) is 73.6 Å². The number of rotatable bonds is 5. The molecule has 0 radical (unpaired) electrons. The molecule has 152 valence electrons. The highest BCUT2D eigenvalue weighted by Crippen LogP contribution is 2.47. The summed E-state index contributed by atoms with van der Waals surface area (Å²) in [5, 5.41) is 19.5. The van der Waals surface area contributed by atoms with E-state index < -0.39 is 5.97 Å². The van der Waals surface area contributed by atoms with E-state index in [1.165, 1.54) is 4.88 Å². The van der Waals surface area contributed by atoms with Crippen molar-refractivity contribution in [3.63, 3.8) is 0 Å². The average Bonchev–Trinajstić information content (AvgIpc) is 3.01. The zero-order valence-electron chi connectivity index (χ0n) is 17.1. The fourth-order valence-electron chi connectivity index (χ4n) is 4.51. The maximum absolute atomic E-state index is 12.3. The second-order valence-corrected chi connectivity index (χ2v) is 10.0. The van der Waals surface area contributed by atoms with Crippen LogP contribution in [0.2, 0.25) is 0 Å². The van der Waals surface area contributed by atoms with Gasteiger partial charge in [0.2, 0.25) is 0 Å². The molecule has 5 nitrogen and oxygen atoms in total. The second-order valence-electron chi connectivity index (χ2n) is 8.92. The SMILES string of the molecule is COCC1CN(c2ccc(C#N)cc2-c2sc3c(c2C(=O)O)CC(C)(C)CC3)C1. The number of anilines is 1. The van der Waals surface area contributed by atoms with Gasteiger partial charge in [-0.05, 0) is 48.4 Å². The number of fused-ring (bicyclic) bond motifs is 1. The van der Waals surface area contributed by atoms with Gasteiger partial charge in [0.15, 0.2) is 0 Å². The van der Waals surface area contributed by atoms with E-state index in [2.05, 4.69) is 24.8 Å².